The van der Waals surface area contributed by atoms with Crippen LogP contribution in [0.5, 0.6) is 0 Å². The standard InChI is InChI=1S/C20H15Cl2N3OS2/c1-13-5-7-14(8-6-13)28-19-18(25-9-10-27-20(25)24-19)11-23-26-12-15-16(21)3-2-4-17(15)22/h2-11H,12H2,1H3/b23-11+. The average molecular weight is 448 g/mol. The predicted octanol–water partition coefficient (Wildman–Crippen LogP) is 6.71. The van der Waals surface area contributed by atoms with Crippen LogP contribution >= 0.6 is 46.3 Å². The van der Waals surface area contributed by atoms with Crippen LogP contribution in [-0.4, -0.2) is 15.6 Å². The molecule has 0 unspecified atom stereocenters. The highest BCUT2D eigenvalue weighted by Crippen LogP contribution is 2.31. The summed E-state index contributed by atoms with van der Waals surface area (Å²) in [6.45, 7) is 2.27. The zero-order valence-corrected chi connectivity index (χ0v) is 17.9. The molecular weight excluding hydrogens is 433 g/mol. The minimum atomic E-state index is 0.195. The number of aromatic nitrogens is 2. The fraction of sp³-hybridized carbons (Fsp3) is 0.100. The predicted molar refractivity (Wildman–Crippen MR) is 117 cm³/mol. The molecule has 4 nitrogen and oxygen atoms in total. The number of oxime groups is 1. The second-order valence-electron chi connectivity index (χ2n) is 5.98. The zero-order valence-electron chi connectivity index (χ0n) is 14.8. The van der Waals surface area contributed by atoms with E-state index in [0.717, 1.165) is 20.6 Å². The van der Waals surface area contributed by atoms with Gasteiger partial charge in [0.25, 0.3) is 0 Å². The summed E-state index contributed by atoms with van der Waals surface area (Å²) in [6, 6.07) is 13.7. The first kappa shape index (κ1) is 19.3. The minimum absolute atomic E-state index is 0.195. The number of benzene rings is 2. The van der Waals surface area contributed by atoms with Gasteiger partial charge in [-0.05, 0) is 31.2 Å². The van der Waals surface area contributed by atoms with E-state index in [-0.39, 0.29) is 6.61 Å². The molecule has 0 amide bonds. The molecule has 142 valence electrons. The van der Waals surface area contributed by atoms with E-state index in [4.69, 9.17) is 33.0 Å². The van der Waals surface area contributed by atoms with Crippen molar-refractivity contribution in [3.8, 4) is 0 Å². The molecule has 2 heterocycles. The van der Waals surface area contributed by atoms with Gasteiger partial charge in [0.1, 0.15) is 17.3 Å². The van der Waals surface area contributed by atoms with Gasteiger partial charge in [0.2, 0.25) is 0 Å². The molecule has 8 heteroatoms. The van der Waals surface area contributed by atoms with Gasteiger partial charge < -0.3 is 4.84 Å². The van der Waals surface area contributed by atoms with Crippen molar-refractivity contribution in [1.29, 1.82) is 0 Å². The van der Waals surface area contributed by atoms with Crippen molar-refractivity contribution in [2.24, 2.45) is 5.16 Å². The number of nitrogens with zero attached hydrogens (tertiary/aromatic N) is 3. The molecule has 2 aromatic heterocycles. The molecule has 0 spiro atoms. The third-order valence-electron chi connectivity index (χ3n) is 4.02. The van der Waals surface area contributed by atoms with Gasteiger partial charge in [-0.1, -0.05) is 63.9 Å². The molecule has 0 fully saturated rings. The van der Waals surface area contributed by atoms with E-state index in [2.05, 4.69) is 36.3 Å². The molecule has 0 radical (unpaired) electrons. The Morgan fingerprint density at radius 2 is 1.93 bits per heavy atom. The lowest BCUT2D eigenvalue weighted by Gasteiger charge is -2.05. The monoisotopic (exact) mass is 447 g/mol. The summed E-state index contributed by atoms with van der Waals surface area (Å²) in [5, 5.41) is 8.11. The smallest absolute Gasteiger partial charge is 0.195 e. The minimum Gasteiger partial charge on any atom is -0.391 e. The van der Waals surface area contributed by atoms with E-state index in [1.54, 1.807) is 47.5 Å². The van der Waals surface area contributed by atoms with Crippen molar-refractivity contribution < 1.29 is 4.84 Å². The Kier molecular flexibility index (Phi) is 5.92. The van der Waals surface area contributed by atoms with Crippen molar-refractivity contribution in [2.75, 3.05) is 0 Å². The van der Waals surface area contributed by atoms with Gasteiger partial charge in [0, 0.05) is 32.1 Å². The first-order chi connectivity index (χ1) is 13.6. The van der Waals surface area contributed by atoms with Crippen LogP contribution < -0.4 is 0 Å². The quantitative estimate of drug-likeness (QED) is 0.243. The van der Waals surface area contributed by atoms with E-state index in [1.165, 1.54) is 5.56 Å². The summed E-state index contributed by atoms with van der Waals surface area (Å²) >= 11 is 15.5. The molecule has 0 aliphatic carbocycles. The van der Waals surface area contributed by atoms with Crippen molar-refractivity contribution in [1.82, 2.24) is 9.38 Å². The van der Waals surface area contributed by atoms with Gasteiger partial charge in [0.15, 0.2) is 4.96 Å². The number of halogens is 2. The van der Waals surface area contributed by atoms with E-state index in [9.17, 15) is 0 Å². The SMILES string of the molecule is Cc1ccc(Sc2nc3sccn3c2/C=N/OCc2c(Cl)cccc2Cl)cc1. The molecule has 0 N–H and O–H groups in total. The Hall–Kier alpha value is -1.99. The lowest BCUT2D eigenvalue weighted by atomic mass is 10.2. The Morgan fingerprint density at radius 1 is 1.18 bits per heavy atom. The van der Waals surface area contributed by atoms with Crippen LogP contribution in [-0.2, 0) is 11.4 Å². The van der Waals surface area contributed by atoms with Gasteiger partial charge in [-0.2, -0.15) is 0 Å². The zero-order chi connectivity index (χ0) is 19.5. The van der Waals surface area contributed by atoms with E-state index in [1.807, 2.05) is 16.0 Å². The lowest BCUT2D eigenvalue weighted by molar-refractivity contribution is 0.132. The molecule has 0 saturated heterocycles. The normalized spacial score (nSPS) is 11.5. The summed E-state index contributed by atoms with van der Waals surface area (Å²) in [6.07, 6.45) is 3.65. The fourth-order valence-electron chi connectivity index (χ4n) is 2.55. The molecule has 4 rings (SSSR count). The Bertz CT molecular complexity index is 1120. The van der Waals surface area contributed by atoms with Crippen LogP contribution in [0.25, 0.3) is 4.96 Å². The van der Waals surface area contributed by atoms with Crippen LogP contribution in [0.15, 0.2) is 69.1 Å². The highest BCUT2D eigenvalue weighted by Gasteiger charge is 2.13. The molecule has 0 bridgehead atoms. The molecule has 0 aliphatic heterocycles. The van der Waals surface area contributed by atoms with Crippen LogP contribution in [0.3, 0.4) is 0 Å². The lowest BCUT2D eigenvalue weighted by Crippen LogP contribution is -1.94. The largest absolute Gasteiger partial charge is 0.391 e. The molecule has 0 atom stereocenters. The molecule has 0 aliphatic rings. The van der Waals surface area contributed by atoms with Crippen molar-refractivity contribution in [2.45, 2.75) is 23.5 Å². The number of thiazole rings is 1. The topological polar surface area (TPSA) is 38.9 Å². The summed E-state index contributed by atoms with van der Waals surface area (Å²) in [5.74, 6) is 0. The molecule has 0 saturated carbocycles. The van der Waals surface area contributed by atoms with E-state index < -0.39 is 0 Å². The second kappa shape index (κ2) is 8.57. The maximum atomic E-state index is 6.17. The molecular formula is C20H15Cl2N3OS2. The number of aryl methyl sites for hydroxylation is 1. The van der Waals surface area contributed by atoms with Gasteiger partial charge in [0.05, 0.1) is 6.21 Å². The maximum Gasteiger partial charge on any atom is 0.195 e. The molecule has 2 aromatic carbocycles. The number of hydrogen-bond donors (Lipinski definition) is 0. The Morgan fingerprint density at radius 3 is 2.68 bits per heavy atom. The highest BCUT2D eigenvalue weighted by molar-refractivity contribution is 7.99. The van der Waals surface area contributed by atoms with Crippen molar-refractivity contribution >= 4 is 57.5 Å². The van der Waals surface area contributed by atoms with Gasteiger partial charge >= 0.3 is 0 Å². The van der Waals surface area contributed by atoms with Crippen LogP contribution in [0.4, 0.5) is 0 Å². The third kappa shape index (κ3) is 4.20. The van der Waals surface area contributed by atoms with E-state index in [0.29, 0.717) is 15.6 Å². The van der Waals surface area contributed by atoms with Crippen molar-refractivity contribution in [3.63, 3.8) is 0 Å². The van der Waals surface area contributed by atoms with Crippen molar-refractivity contribution in [3.05, 3.63) is 80.9 Å². The first-order valence-electron chi connectivity index (χ1n) is 8.40. The number of hydrogen-bond acceptors (Lipinski definition) is 5. The number of fused-ring (bicyclic) bond motifs is 1. The van der Waals surface area contributed by atoms with Crippen LogP contribution in [0.2, 0.25) is 10.0 Å². The summed E-state index contributed by atoms with van der Waals surface area (Å²) < 4.78 is 2.00. The third-order valence-corrected chi connectivity index (χ3v) is 6.49. The second-order valence-corrected chi connectivity index (χ2v) is 8.73. The van der Waals surface area contributed by atoms with Gasteiger partial charge in [-0.15, -0.1) is 11.3 Å². The summed E-state index contributed by atoms with van der Waals surface area (Å²) in [7, 11) is 0. The number of imidazole rings is 1. The maximum absolute atomic E-state index is 6.17. The van der Waals surface area contributed by atoms with Crippen LogP contribution in [0, 0.1) is 6.92 Å². The van der Waals surface area contributed by atoms with Gasteiger partial charge in [-0.3, -0.25) is 4.40 Å². The average Bonchev–Trinajstić information content (AvgIpc) is 3.24. The van der Waals surface area contributed by atoms with E-state index >= 15 is 0 Å². The highest BCUT2D eigenvalue weighted by atomic mass is 35.5. The first-order valence-corrected chi connectivity index (χ1v) is 10.9. The summed E-state index contributed by atoms with van der Waals surface area (Å²) in [5.41, 5.74) is 2.81. The fourth-order valence-corrected chi connectivity index (χ4v) is 4.72. The summed E-state index contributed by atoms with van der Waals surface area (Å²) in [4.78, 5) is 12.2. The van der Waals surface area contributed by atoms with Crippen LogP contribution in [0.1, 0.15) is 16.8 Å². The molecule has 28 heavy (non-hydrogen) atoms. The number of rotatable bonds is 6. The molecule has 4 aromatic rings. The van der Waals surface area contributed by atoms with Gasteiger partial charge in [-0.25, -0.2) is 4.98 Å². The Labute approximate surface area is 180 Å². The Balaban J connectivity index is 1.54.